The van der Waals surface area contributed by atoms with Crippen LogP contribution in [-0.2, 0) is 6.54 Å². The largest absolute Gasteiger partial charge is 0.352 e. The molecular weight excluding hydrogens is 248 g/mol. The number of anilines is 1. The van der Waals surface area contributed by atoms with E-state index in [0.29, 0.717) is 6.54 Å². The molecule has 0 aliphatic heterocycles. The molecule has 0 amide bonds. The molecule has 1 aromatic carbocycles. The molecule has 1 aromatic heterocycles. The van der Waals surface area contributed by atoms with E-state index in [0.717, 1.165) is 36.8 Å². The van der Waals surface area contributed by atoms with E-state index in [1.165, 1.54) is 5.56 Å². The fourth-order valence-electron chi connectivity index (χ4n) is 2.22. The minimum atomic E-state index is 0.689. The summed E-state index contributed by atoms with van der Waals surface area (Å²) in [5.74, 6) is 1.79. The van der Waals surface area contributed by atoms with E-state index in [1.807, 2.05) is 26.0 Å². The minimum Gasteiger partial charge on any atom is -0.352 e. The monoisotopic (exact) mass is 270 g/mol. The van der Waals surface area contributed by atoms with Crippen LogP contribution in [0.3, 0.4) is 0 Å². The first-order valence-corrected chi connectivity index (χ1v) is 7.00. The van der Waals surface area contributed by atoms with Gasteiger partial charge in [0.15, 0.2) is 0 Å². The summed E-state index contributed by atoms with van der Waals surface area (Å²) >= 11 is 0. The van der Waals surface area contributed by atoms with Crippen LogP contribution in [0.15, 0.2) is 36.4 Å². The van der Waals surface area contributed by atoms with Crippen LogP contribution in [-0.4, -0.2) is 23.1 Å². The summed E-state index contributed by atoms with van der Waals surface area (Å²) in [6.45, 7) is 6.37. The Kier molecular flexibility index (Phi) is 5.07. The van der Waals surface area contributed by atoms with Crippen LogP contribution >= 0.6 is 0 Å². The molecule has 4 nitrogen and oxygen atoms in total. The summed E-state index contributed by atoms with van der Waals surface area (Å²) in [6.07, 6.45) is 0.953. The molecule has 0 unspecified atom stereocenters. The van der Waals surface area contributed by atoms with Gasteiger partial charge in [0.05, 0.1) is 0 Å². The van der Waals surface area contributed by atoms with Gasteiger partial charge in [-0.25, -0.2) is 9.97 Å². The van der Waals surface area contributed by atoms with Crippen LogP contribution < -0.4 is 10.6 Å². The molecule has 0 saturated heterocycles. The zero-order valence-electron chi connectivity index (χ0n) is 12.2. The molecule has 0 fully saturated rings. The van der Waals surface area contributed by atoms with E-state index in [4.69, 9.17) is 5.73 Å². The van der Waals surface area contributed by atoms with Crippen LogP contribution in [0.1, 0.15) is 23.5 Å². The van der Waals surface area contributed by atoms with Gasteiger partial charge >= 0.3 is 0 Å². The summed E-state index contributed by atoms with van der Waals surface area (Å²) in [5, 5.41) is 0. The van der Waals surface area contributed by atoms with Crippen molar-refractivity contribution in [3.8, 4) is 0 Å². The van der Waals surface area contributed by atoms with Crippen molar-refractivity contribution in [2.24, 2.45) is 5.73 Å². The van der Waals surface area contributed by atoms with Gasteiger partial charge in [-0.2, -0.15) is 0 Å². The first-order chi connectivity index (χ1) is 9.69. The topological polar surface area (TPSA) is 55.0 Å². The van der Waals surface area contributed by atoms with Gasteiger partial charge in [0.1, 0.15) is 11.6 Å². The highest BCUT2D eigenvalue weighted by atomic mass is 15.2. The Morgan fingerprint density at radius 1 is 1.10 bits per heavy atom. The fraction of sp³-hybridized carbons (Fsp3) is 0.375. The Labute approximate surface area is 120 Å². The summed E-state index contributed by atoms with van der Waals surface area (Å²) in [4.78, 5) is 11.2. The summed E-state index contributed by atoms with van der Waals surface area (Å²) in [5.41, 5.74) is 7.92. The molecule has 2 rings (SSSR count). The van der Waals surface area contributed by atoms with Gasteiger partial charge in [-0.1, -0.05) is 30.3 Å². The van der Waals surface area contributed by atoms with E-state index in [2.05, 4.69) is 39.1 Å². The van der Waals surface area contributed by atoms with Crippen LogP contribution in [0.2, 0.25) is 0 Å². The predicted octanol–water partition coefficient (Wildman–Crippen LogP) is 2.45. The lowest BCUT2D eigenvalue weighted by Gasteiger charge is -2.24. The fourth-order valence-corrected chi connectivity index (χ4v) is 2.22. The molecule has 0 saturated carbocycles. The van der Waals surface area contributed by atoms with Gasteiger partial charge in [0, 0.05) is 24.8 Å². The van der Waals surface area contributed by atoms with Crippen molar-refractivity contribution in [1.29, 1.82) is 0 Å². The molecule has 1 heterocycles. The van der Waals surface area contributed by atoms with Crippen LogP contribution in [0.25, 0.3) is 0 Å². The van der Waals surface area contributed by atoms with E-state index in [-0.39, 0.29) is 0 Å². The van der Waals surface area contributed by atoms with Crippen LogP contribution in [0.4, 0.5) is 5.82 Å². The second kappa shape index (κ2) is 7.01. The smallest absolute Gasteiger partial charge is 0.132 e. The second-order valence-electron chi connectivity index (χ2n) is 4.96. The van der Waals surface area contributed by atoms with Gasteiger partial charge in [0.25, 0.3) is 0 Å². The zero-order valence-corrected chi connectivity index (χ0v) is 12.2. The van der Waals surface area contributed by atoms with Crippen molar-refractivity contribution in [3.05, 3.63) is 53.5 Å². The van der Waals surface area contributed by atoms with Gasteiger partial charge in [-0.3, -0.25) is 0 Å². The van der Waals surface area contributed by atoms with Gasteiger partial charge in [-0.15, -0.1) is 0 Å². The van der Waals surface area contributed by atoms with Crippen molar-refractivity contribution < 1.29 is 0 Å². The predicted molar refractivity (Wildman–Crippen MR) is 82.7 cm³/mol. The molecule has 2 aromatic rings. The highest BCUT2D eigenvalue weighted by molar-refractivity contribution is 5.40. The molecule has 4 heteroatoms. The van der Waals surface area contributed by atoms with Gasteiger partial charge in [0.2, 0.25) is 0 Å². The number of benzene rings is 1. The normalized spacial score (nSPS) is 10.6. The zero-order chi connectivity index (χ0) is 14.4. The van der Waals surface area contributed by atoms with Gasteiger partial charge < -0.3 is 10.6 Å². The maximum atomic E-state index is 5.65. The number of rotatable bonds is 6. The molecule has 0 spiro atoms. The Morgan fingerprint density at radius 2 is 1.85 bits per heavy atom. The van der Waals surface area contributed by atoms with E-state index in [1.54, 1.807) is 0 Å². The van der Waals surface area contributed by atoms with Gasteiger partial charge in [-0.05, 0) is 32.4 Å². The lowest BCUT2D eigenvalue weighted by atomic mass is 10.2. The third kappa shape index (κ3) is 4.03. The van der Waals surface area contributed by atoms with E-state index >= 15 is 0 Å². The number of nitrogens with two attached hydrogens (primary N) is 1. The number of hydrogen-bond acceptors (Lipinski definition) is 4. The SMILES string of the molecule is Cc1cc(N(CCCN)Cc2ccccc2)nc(C)n1. The van der Waals surface area contributed by atoms with Crippen LogP contribution in [0, 0.1) is 13.8 Å². The molecule has 20 heavy (non-hydrogen) atoms. The summed E-state index contributed by atoms with van der Waals surface area (Å²) in [6, 6.07) is 12.5. The maximum Gasteiger partial charge on any atom is 0.132 e. The van der Waals surface area contributed by atoms with E-state index < -0.39 is 0 Å². The minimum absolute atomic E-state index is 0.689. The average molecular weight is 270 g/mol. The summed E-state index contributed by atoms with van der Waals surface area (Å²) in [7, 11) is 0. The quantitative estimate of drug-likeness (QED) is 0.876. The highest BCUT2D eigenvalue weighted by Crippen LogP contribution is 2.16. The third-order valence-electron chi connectivity index (χ3n) is 3.12. The summed E-state index contributed by atoms with van der Waals surface area (Å²) < 4.78 is 0. The first-order valence-electron chi connectivity index (χ1n) is 7.00. The lowest BCUT2D eigenvalue weighted by molar-refractivity contribution is 0.721. The number of aromatic nitrogens is 2. The maximum absolute atomic E-state index is 5.65. The molecule has 0 bridgehead atoms. The Bertz CT molecular complexity index is 519. The Balaban J connectivity index is 2.22. The Hall–Kier alpha value is -1.94. The standard InChI is InChI=1S/C16H22N4/c1-13-11-16(19-14(2)18-13)20(10-6-9-17)12-15-7-4-3-5-8-15/h3-5,7-8,11H,6,9-10,12,17H2,1-2H3. The Morgan fingerprint density at radius 3 is 2.50 bits per heavy atom. The van der Waals surface area contributed by atoms with Crippen molar-refractivity contribution in [2.45, 2.75) is 26.8 Å². The number of hydrogen-bond donors (Lipinski definition) is 1. The molecule has 0 aliphatic carbocycles. The molecule has 106 valence electrons. The lowest BCUT2D eigenvalue weighted by Crippen LogP contribution is -2.27. The second-order valence-corrected chi connectivity index (χ2v) is 4.96. The van der Waals surface area contributed by atoms with Crippen molar-refractivity contribution in [1.82, 2.24) is 9.97 Å². The molecule has 0 radical (unpaired) electrons. The average Bonchev–Trinajstić information content (AvgIpc) is 2.43. The number of aryl methyl sites for hydroxylation is 2. The van der Waals surface area contributed by atoms with Crippen molar-refractivity contribution in [2.75, 3.05) is 18.0 Å². The molecule has 0 atom stereocenters. The molecule has 2 N–H and O–H groups in total. The third-order valence-corrected chi connectivity index (χ3v) is 3.12. The first kappa shape index (κ1) is 14.5. The van der Waals surface area contributed by atoms with Crippen molar-refractivity contribution >= 4 is 5.82 Å². The highest BCUT2D eigenvalue weighted by Gasteiger charge is 2.10. The molecular formula is C16H22N4. The molecule has 0 aliphatic rings. The number of nitrogens with zero attached hydrogens (tertiary/aromatic N) is 3. The van der Waals surface area contributed by atoms with E-state index in [9.17, 15) is 0 Å². The van der Waals surface area contributed by atoms with Crippen molar-refractivity contribution in [3.63, 3.8) is 0 Å². The van der Waals surface area contributed by atoms with Crippen LogP contribution in [0.5, 0.6) is 0 Å².